The highest BCUT2D eigenvalue weighted by atomic mass is 32.2. The molecular weight excluding hydrogens is 388 g/mol. The Bertz CT molecular complexity index is 854. The Hall–Kier alpha value is -1.38. The molecule has 0 aliphatic heterocycles. The number of anilines is 1. The number of amides is 1. The summed E-state index contributed by atoms with van der Waals surface area (Å²) in [5.41, 5.74) is 1.79. The second-order valence-electron chi connectivity index (χ2n) is 6.34. The first kappa shape index (κ1) is 19.4. The number of sulfone groups is 1. The van der Waals surface area contributed by atoms with Gasteiger partial charge >= 0.3 is 0 Å². The molecule has 0 atom stereocenters. The predicted molar refractivity (Wildman–Crippen MR) is 109 cm³/mol. The first-order valence-electron chi connectivity index (χ1n) is 8.59. The van der Waals surface area contributed by atoms with E-state index in [0.29, 0.717) is 5.13 Å². The molecule has 1 saturated carbocycles. The van der Waals surface area contributed by atoms with Crippen LogP contribution in [0.1, 0.15) is 32.1 Å². The lowest BCUT2D eigenvalue weighted by Crippen LogP contribution is -2.24. The van der Waals surface area contributed by atoms with Crippen LogP contribution in [0.15, 0.2) is 34.5 Å². The van der Waals surface area contributed by atoms with Crippen LogP contribution in [0.3, 0.4) is 0 Å². The maximum Gasteiger partial charge on any atom is 0.227 e. The van der Waals surface area contributed by atoms with E-state index in [2.05, 4.69) is 10.3 Å². The van der Waals surface area contributed by atoms with Crippen LogP contribution in [0.5, 0.6) is 0 Å². The first-order valence-corrected chi connectivity index (χ1v) is 12.4. The largest absolute Gasteiger partial charge is 0.302 e. The van der Waals surface area contributed by atoms with E-state index in [0.717, 1.165) is 36.9 Å². The molecular formula is C18H22N2O3S3. The van der Waals surface area contributed by atoms with E-state index < -0.39 is 9.84 Å². The summed E-state index contributed by atoms with van der Waals surface area (Å²) in [4.78, 5) is 17.7. The standard InChI is InChI=1S/C18H22N2O3S3/c1-24-14-8-6-13(7-9-14)16-12-25-18(19-16)20-17(21)10-11-26(22,23)15-4-2-3-5-15/h6-9,12,15H,2-5,10-11H2,1H3,(H,19,20,21). The van der Waals surface area contributed by atoms with Gasteiger partial charge in [0.2, 0.25) is 5.91 Å². The first-order chi connectivity index (χ1) is 12.5. The molecule has 26 heavy (non-hydrogen) atoms. The molecule has 0 spiro atoms. The quantitative estimate of drug-likeness (QED) is 0.692. The van der Waals surface area contributed by atoms with Gasteiger partial charge in [-0.05, 0) is 31.2 Å². The number of carbonyl (C=O) groups is 1. The summed E-state index contributed by atoms with van der Waals surface area (Å²) in [5, 5.41) is 4.84. The zero-order valence-electron chi connectivity index (χ0n) is 14.6. The minimum Gasteiger partial charge on any atom is -0.302 e. The Kier molecular flexibility index (Phi) is 6.37. The Morgan fingerprint density at radius 3 is 2.62 bits per heavy atom. The molecule has 2 aromatic rings. The van der Waals surface area contributed by atoms with Crippen molar-refractivity contribution < 1.29 is 13.2 Å². The van der Waals surface area contributed by atoms with Gasteiger partial charge in [-0.1, -0.05) is 25.0 Å². The Balaban J connectivity index is 1.55. The lowest BCUT2D eigenvalue weighted by atomic mass is 10.2. The molecule has 1 aliphatic carbocycles. The lowest BCUT2D eigenvalue weighted by Gasteiger charge is -2.10. The fraction of sp³-hybridized carbons (Fsp3) is 0.444. The third-order valence-corrected chi connectivity index (χ3v) is 8.32. The molecule has 1 aliphatic rings. The highest BCUT2D eigenvalue weighted by Crippen LogP contribution is 2.27. The highest BCUT2D eigenvalue weighted by molar-refractivity contribution is 7.98. The second kappa shape index (κ2) is 8.54. The Labute approximate surface area is 162 Å². The van der Waals surface area contributed by atoms with Crippen molar-refractivity contribution in [3.05, 3.63) is 29.6 Å². The fourth-order valence-electron chi connectivity index (χ4n) is 3.06. The number of thiazole rings is 1. The maximum atomic E-state index is 12.2. The summed E-state index contributed by atoms with van der Waals surface area (Å²) in [6.07, 6.45) is 5.41. The summed E-state index contributed by atoms with van der Waals surface area (Å²) in [6.45, 7) is 0. The molecule has 8 heteroatoms. The van der Waals surface area contributed by atoms with E-state index >= 15 is 0 Å². The van der Waals surface area contributed by atoms with Crippen molar-refractivity contribution >= 4 is 44.0 Å². The smallest absolute Gasteiger partial charge is 0.227 e. The number of hydrogen-bond acceptors (Lipinski definition) is 6. The zero-order valence-corrected chi connectivity index (χ0v) is 17.1. The fourth-order valence-corrected chi connectivity index (χ4v) is 6.06. The molecule has 140 valence electrons. The molecule has 0 saturated heterocycles. The predicted octanol–water partition coefficient (Wildman–Crippen LogP) is 4.22. The van der Waals surface area contributed by atoms with E-state index in [4.69, 9.17) is 0 Å². The van der Waals surface area contributed by atoms with Crippen molar-refractivity contribution in [2.45, 2.75) is 42.2 Å². The van der Waals surface area contributed by atoms with E-state index in [1.165, 1.54) is 16.2 Å². The van der Waals surface area contributed by atoms with E-state index in [9.17, 15) is 13.2 Å². The van der Waals surface area contributed by atoms with Crippen molar-refractivity contribution in [2.24, 2.45) is 0 Å². The molecule has 0 unspecified atom stereocenters. The van der Waals surface area contributed by atoms with Crippen LogP contribution in [0.2, 0.25) is 0 Å². The van der Waals surface area contributed by atoms with Crippen molar-refractivity contribution in [2.75, 3.05) is 17.3 Å². The zero-order chi connectivity index (χ0) is 18.6. The summed E-state index contributed by atoms with van der Waals surface area (Å²) in [5.74, 6) is -0.386. The Morgan fingerprint density at radius 2 is 1.96 bits per heavy atom. The van der Waals surface area contributed by atoms with Crippen LogP contribution in [-0.2, 0) is 14.6 Å². The second-order valence-corrected chi connectivity index (χ2v) is 10.5. The minimum atomic E-state index is -3.17. The van der Waals surface area contributed by atoms with E-state index in [1.807, 2.05) is 35.9 Å². The maximum absolute atomic E-state index is 12.2. The van der Waals surface area contributed by atoms with Gasteiger partial charge in [-0.15, -0.1) is 23.1 Å². The van der Waals surface area contributed by atoms with Crippen molar-refractivity contribution in [1.82, 2.24) is 4.98 Å². The lowest BCUT2D eigenvalue weighted by molar-refractivity contribution is -0.115. The van der Waals surface area contributed by atoms with Gasteiger partial charge < -0.3 is 5.32 Å². The molecule has 1 amide bonds. The molecule has 0 radical (unpaired) electrons. The van der Waals surface area contributed by atoms with Gasteiger partial charge in [-0.2, -0.15) is 0 Å². The molecule has 1 aromatic heterocycles. The number of nitrogens with one attached hydrogen (secondary N) is 1. The number of nitrogens with zero attached hydrogens (tertiary/aromatic N) is 1. The summed E-state index contributed by atoms with van der Waals surface area (Å²) in [7, 11) is -3.17. The number of carbonyl (C=O) groups excluding carboxylic acids is 1. The summed E-state index contributed by atoms with van der Waals surface area (Å²) >= 11 is 3.02. The molecule has 1 heterocycles. The number of hydrogen-bond donors (Lipinski definition) is 1. The van der Waals surface area contributed by atoms with Gasteiger partial charge in [0.05, 0.1) is 16.7 Å². The molecule has 1 fully saturated rings. The molecule has 1 N–H and O–H groups in total. The van der Waals surface area contributed by atoms with E-state index in [-0.39, 0.29) is 23.3 Å². The summed E-state index contributed by atoms with van der Waals surface area (Å²) < 4.78 is 24.5. The number of aromatic nitrogens is 1. The summed E-state index contributed by atoms with van der Waals surface area (Å²) in [6, 6.07) is 8.07. The third kappa shape index (κ3) is 4.86. The van der Waals surface area contributed by atoms with Gasteiger partial charge in [0.15, 0.2) is 15.0 Å². The average molecular weight is 411 g/mol. The van der Waals surface area contributed by atoms with Crippen LogP contribution < -0.4 is 5.32 Å². The highest BCUT2D eigenvalue weighted by Gasteiger charge is 2.28. The number of rotatable bonds is 7. The van der Waals surface area contributed by atoms with E-state index in [1.54, 1.807) is 11.8 Å². The molecule has 5 nitrogen and oxygen atoms in total. The number of thioether (sulfide) groups is 1. The number of benzene rings is 1. The monoisotopic (exact) mass is 410 g/mol. The van der Waals surface area contributed by atoms with Crippen LogP contribution in [-0.4, -0.2) is 36.6 Å². The van der Waals surface area contributed by atoms with Gasteiger partial charge in [-0.3, -0.25) is 4.79 Å². The van der Waals surface area contributed by atoms with Gasteiger partial charge in [-0.25, -0.2) is 13.4 Å². The van der Waals surface area contributed by atoms with Crippen LogP contribution in [0.25, 0.3) is 11.3 Å². The van der Waals surface area contributed by atoms with Crippen LogP contribution in [0.4, 0.5) is 5.13 Å². The van der Waals surface area contributed by atoms with Gasteiger partial charge in [0.25, 0.3) is 0 Å². The van der Waals surface area contributed by atoms with Crippen molar-refractivity contribution in [3.63, 3.8) is 0 Å². The third-order valence-electron chi connectivity index (χ3n) is 4.56. The van der Waals surface area contributed by atoms with Crippen LogP contribution in [0, 0.1) is 0 Å². The van der Waals surface area contributed by atoms with Crippen molar-refractivity contribution in [1.29, 1.82) is 0 Å². The van der Waals surface area contributed by atoms with Crippen LogP contribution >= 0.6 is 23.1 Å². The SMILES string of the molecule is CSc1ccc(-c2csc(NC(=O)CCS(=O)(=O)C3CCCC3)n2)cc1. The minimum absolute atomic E-state index is 0.0177. The Morgan fingerprint density at radius 1 is 1.27 bits per heavy atom. The average Bonchev–Trinajstić information content (AvgIpc) is 3.33. The van der Waals surface area contributed by atoms with Gasteiger partial charge in [0.1, 0.15) is 0 Å². The molecule has 3 rings (SSSR count). The molecule has 1 aromatic carbocycles. The normalized spacial score (nSPS) is 15.3. The topological polar surface area (TPSA) is 76.1 Å². The van der Waals surface area contributed by atoms with Crippen molar-refractivity contribution in [3.8, 4) is 11.3 Å². The van der Waals surface area contributed by atoms with Gasteiger partial charge in [0, 0.05) is 22.3 Å². The molecule has 0 bridgehead atoms.